The Labute approximate surface area is 60.6 Å². The zero-order chi connectivity index (χ0) is 7.40. The minimum absolute atomic E-state index is 0.160. The van der Waals surface area contributed by atoms with E-state index in [0.717, 1.165) is 19.0 Å². The zero-order valence-corrected chi connectivity index (χ0v) is 6.17. The van der Waals surface area contributed by atoms with Crippen molar-refractivity contribution in [2.75, 3.05) is 33.3 Å². The van der Waals surface area contributed by atoms with Gasteiger partial charge in [0, 0.05) is 20.1 Å². The Bertz CT molecular complexity index is 135. The quantitative estimate of drug-likeness (QED) is 0.514. The Morgan fingerprint density at radius 3 is 3.10 bits per heavy atom. The lowest BCUT2D eigenvalue weighted by molar-refractivity contribution is 0.298. The monoisotopic (exact) mass is 143 g/mol. The molecule has 1 heterocycles. The van der Waals surface area contributed by atoms with E-state index >= 15 is 0 Å². The molecule has 58 valence electrons. The fourth-order valence-corrected chi connectivity index (χ4v) is 0.891. The highest BCUT2D eigenvalue weighted by Crippen LogP contribution is 1.93. The van der Waals surface area contributed by atoms with Gasteiger partial charge < -0.3 is 15.3 Å². The van der Waals surface area contributed by atoms with Gasteiger partial charge in [-0.25, -0.2) is 0 Å². The van der Waals surface area contributed by atoms with Crippen LogP contribution in [0, 0.1) is 0 Å². The maximum atomic E-state index is 8.48. The van der Waals surface area contributed by atoms with E-state index in [2.05, 4.69) is 10.3 Å². The molecule has 1 rings (SSSR count). The molecule has 0 aromatic heterocycles. The van der Waals surface area contributed by atoms with Crippen LogP contribution in [0.25, 0.3) is 0 Å². The first kappa shape index (κ1) is 7.34. The molecule has 0 radical (unpaired) electrons. The van der Waals surface area contributed by atoms with Crippen molar-refractivity contribution < 1.29 is 5.11 Å². The zero-order valence-electron chi connectivity index (χ0n) is 6.17. The Hall–Kier alpha value is -0.770. The molecule has 1 aliphatic rings. The summed E-state index contributed by atoms with van der Waals surface area (Å²) in [6.07, 6.45) is 0. The van der Waals surface area contributed by atoms with E-state index < -0.39 is 0 Å². The second-order valence-electron chi connectivity index (χ2n) is 2.28. The third-order valence-electron chi connectivity index (χ3n) is 1.45. The van der Waals surface area contributed by atoms with Crippen molar-refractivity contribution in [3.63, 3.8) is 0 Å². The number of hydrogen-bond donors (Lipinski definition) is 2. The van der Waals surface area contributed by atoms with Gasteiger partial charge in [0.25, 0.3) is 0 Å². The molecule has 0 atom stereocenters. The highest BCUT2D eigenvalue weighted by molar-refractivity contribution is 5.81. The predicted octanol–water partition coefficient (Wildman–Crippen LogP) is -1.13. The molecule has 2 N–H and O–H groups in total. The molecule has 0 saturated heterocycles. The summed E-state index contributed by atoms with van der Waals surface area (Å²) in [4.78, 5) is 6.21. The van der Waals surface area contributed by atoms with E-state index in [-0.39, 0.29) is 6.61 Å². The summed E-state index contributed by atoms with van der Waals surface area (Å²) in [5.74, 6) is 0.897. The number of rotatable bonds is 2. The van der Waals surface area contributed by atoms with Gasteiger partial charge >= 0.3 is 0 Å². The summed E-state index contributed by atoms with van der Waals surface area (Å²) in [5, 5.41) is 11.5. The van der Waals surface area contributed by atoms with Crippen molar-refractivity contribution >= 4 is 5.96 Å². The molecular formula is C6H13N3O. The molecule has 0 amide bonds. The molecule has 1 aliphatic heterocycles. The molecule has 0 aliphatic carbocycles. The second kappa shape index (κ2) is 3.41. The molecule has 0 unspecified atom stereocenters. The number of nitrogens with one attached hydrogen (secondary N) is 1. The van der Waals surface area contributed by atoms with Crippen LogP contribution in [-0.4, -0.2) is 49.3 Å². The van der Waals surface area contributed by atoms with E-state index in [4.69, 9.17) is 5.11 Å². The Morgan fingerprint density at radius 1 is 1.80 bits per heavy atom. The highest BCUT2D eigenvalue weighted by atomic mass is 16.3. The summed E-state index contributed by atoms with van der Waals surface area (Å²) in [6, 6.07) is 0. The van der Waals surface area contributed by atoms with E-state index in [1.54, 1.807) is 0 Å². The number of aliphatic hydroxyl groups excluding tert-OH is 1. The van der Waals surface area contributed by atoms with Crippen LogP contribution in [0.3, 0.4) is 0 Å². The van der Waals surface area contributed by atoms with E-state index in [0.29, 0.717) is 6.54 Å². The van der Waals surface area contributed by atoms with Crippen LogP contribution in [0.4, 0.5) is 0 Å². The average Bonchev–Trinajstić information content (AvgIpc) is 2.31. The number of aliphatic imine (C=N–C) groups is 1. The number of guanidine groups is 1. The van der Waals surface area contributed by atoms with Gasteiger partial charge in [-0.3, -0.25) is 4.99 Å². The van der Waals surface area contributed by atoms with Crippen LogP contribution in [0.15, 0.2) is 4.99 Å². The van der Waals surface area contributed by atoms with Crippen molar-refractivity contribution in [1.29, 1.82) is 0 Å². The van der Waals surface area contributed by atoms with E-state index in [1.807, 2.05) is 11.9 Å². The fraction of sp³-hybridized carbons (Fsp3) is 0.833. The molecule has 0 aromatic carbocycles. The van der Waals surface area contributed by atoms with Crippen LogP contribution < -0.4 is 5.32 Å². The molecule has 10 heavy (non-hydrogen) atoms. The summed E-state index contributed by atoms with van der Waals surface area (Å²) in [6.45, 7) is 2.59. The number of nitrogens with zero attached hydrogens (tertiary/aromatic N) is 2. The minimum atomic E-state index is 0.160. The van der Waals surface area contributed by atoms with Gasteiger partial charge in [-0.05, 0) is 0 Å². The Morgan fingerprint density at radius 2 is 2.60 bits per heavy atom. The largest absolute Gasteiger partial charge is 0.395 e. The summed E-state index contributed by atoms with van der Waals surface area (Å²) in [5.41, 5.74) is 0. The molecular weight excluding hydrogens is 130 g/mol. The predicted molar refractivity (Wildman–Crippen MR) is 40.0 cm³/mol. The minimum Gasteiger partial charge on any atom is -0.395 e. The standard InChI is InChI=1S/C6H13N3O/c1-9-4-2-7-6(9)8-3-5-10/h10H,2-5H2,1H3,(H,7,8). The topological polar surface area (TPSA) is 47.9 Å². The molecule has 0 fully saturated rings. The van der Waals surface area contributed by atoms with Gasteiger partial charge in [-0.1, -0.05) is 0 Å². The van der Waals surface area contributed by atoms with Crippen molar-refractivity contribution in [2.45, 2.75) is 0 Å². The van der Waals surface area contributed by atoms with Crippen LogP contribution in [0.2, 0.25) is 0 Å². The van der Waals surface area contributed by atoms with Gasteiger partial charge in [0.1, 0.15) is 0 Å². The van der Waals surface area contributed by atoms with Crippen molar-refractivity contribution in [1.82, 2.24) is 10.2 Å². The smallest absolute Gasteiger partial charge is 0.193 e. The second-order valence-corrected chi connectivity index (χ2v) is 2.28. The SMILES string of the molecule is CN1CCN=C1NCCO. The third kappa shape index (κ3) is 1.60. The summed E-state index contributed by atoms with van der Waals surface area (Å²) in [7, 11) is 1.98. The number of hydrogen-bond acceptors (Lipinski definition) is 4. The van der Waals surface area contributed by atoms with Gasteiger partial charge in [0.2, 0.25) is 0 Å². The first-order valence-corrected chi connectivity index (χ1v) is 3.45. The van der Waals surface area contributed by atoms with E-state index in [9.17, 15) is 0 Å². The first-order chi connectivity index (χ1) is 4.84. The van der Waals surface area contributed by atoms with Crippen molar-refractivity contribution in [3.8, 4) is 0 Å². The molecule has 0 saturated carbocycles. The summed E-state index contributed by atoms with van der Waals surface area (Å²) >= 11 is 0. The summed E-state index contributed by atoms with van der Waals surface area (Å²) < 4.78 is 0. The van der Waals surface area contributed by atoms with Crippen LogP contribution in [0.5, 0.6) is 0 Å². The molecule has 0 aromatic rings. The average molecular weight is 143 g/mol. The Balaban J connectivity index is 2.26. The first-order valence-electron chi connectivity index (χ1n) is 3.45. The van der Waals surface area contributed by atoms with Crippen molar-refractivity contribution in [3.05, 3.63) is 0 Å². The van der Waals surface area contributed by atoms with Crippen LogP contribution in [-0.2, 0) is 0 Å². The lowest BCUT2D eigenvalue weighted by Crippen LogP contribution is -2.36. The number of aliphatic hydroxyl groups is 1. The van der Waals surface area contributed by atoms with E-state index in [1.165, 1.54) is 0 Å². The third-order valence-corrected chi connectivity index (χ3v) is 1.45. The fourth-order valence-electron chi connectivity index (χ4n) is 0.891. The van der Waals surface area contributed by atoms with Gasteiger partial charge in [0.05, 0.1) is 13.2 Å². The molecule has 0 bridgehead atoms. The normalized spacial score (nSPS) is 17.4. The lowest BCUT2D eigenvalue weighted by Gasteiger charge is -2.13. The maximum absolute atomic E-state index is 8.48. The van der Waals surface area contributed by atoms with Crippen LogP contribution >= 0.6 is 0 Å². The molecule has 4 heteroatoms. The lowest BCUT2D eigenvalue weighted by atomic mass is 10.6. The Kier molecular flexibility index (Phi) is 2.50. The molecule has 0 spiro atoms. The van der Waals surface area contributed by atoms with Crippen molar-refractivity contribution in [2.24, 2.45) is 4.99 Å². The maximum Gasteiger partial charge on any atom is 0.193 e. The molecule has 4 nitrogen and oxygen atoms in total. The van der Waals surface area contributed by atoms with Crippen LogP contribution in [0.1, 0.15) is 0 Å². The number of likely N-dealkylation sites (N-methyl/N-ethyl adjacent to an activating group) is 1. The van der Waals surface area contributed by atoms with Gasteiger partial charge in [-0.15, -0.1) is 0 Å². The highest BCUT2D eigenvalue weighted by Gasteiger charge is 2.09. The van der Waals surface area contributed by atoms with Gasteiger partial charge in [-0.2, -0.15) is 0 Å². The van der Waals surface area contributed by atoms with Gasteiger partial charge in [0.15, 0.2) is 5.96 Å².